The van der Waals surface area contributed by atoms with Crippen molar-refractivity contribution in [2.24, 2.45) is 0 Å². The molecule has 1 aromatic rings. The van der Waals surface area contributed by atoms with Gasteiger partial charge in [0, 0.05) is 10.5 Å². The third kappa shape index (κ3) is 1.38. The lowest BCUT2D eigenvalue weighted by Gasteiger charge is -2.26. The molecule has 12 heavy (non-hydrogen) atoms. The molecule has 1 aliphatic rings. The summed E-state index contributed by atoms with van der Waals surface area (Å²) in [6.45, 7) is 4.62. The van der Waals surface area contributed by atoms with Crippen LogP contribution >= 0.6 is 11.8 Å². The molecule has 2 atom stereocenters. The van der Waals surface area contributed by atoms with Gasteiger partial charge in [-0.3, -0.25) is 0 Å². The molecule has 0 N–H and O–H groups in total. The number of benzene rings is 1. The van der Waals surface area contributed by atoms with Gasteiger partial charge in [-0.15, -0.1) is 0 Å². The van der Waals surface area contributed by atoms with Crippen LogP contribution in [0, 0.1) is 0 Å². The highest BCUT2D eigenvalue weighted by Crippen LogP contribution is 2.39. The summed E-state index contributed by atoms with van der Waals surface area (Å²) in [5, 5.41) is 1.47. The molecule has 1 heteroatoms. The predicted octanol–water partition coefficient (Wildman–Crippen LogP) is 3.43. The van der Waals surface area contributed by atoms with Crippen molar-refractivity contribution in [2.45, 2.75) is 30.8 Å². The van der Waals surface area contributed by atoms with Crippen LogP contribution in [-0.4, -0.2) is 5.25 Å². The van der Waals surface area contributed by atoms with E-state index >= 15 is 0 Å². The van der Waals surface area contributed by atoms with E-state index in [1.807, 2.05) is 0 Å². The summed E-state index contributed by atoms with van der Waals surface area (Å²) >= 11 is 2.08. The number of fused-ring (bicyclic) bond motifs is 1. The minimum absolute atomic E-state index is 0.685. The monoisotopic (exact) mass is 178 g/mol. The Bertz CT molecular complexity index is 280. The van der Waals surface area contributed by atoms with Crippen LogP contribution in [0.1, 0.15) is 30.2 Å². The Morgan fingerprint density at radius 3 is 2.83 bits per heavy atom. The Hall–Kier alpha value is -0.430. The summed E-state index contributed by atoms with van der Waals surface area (Å²) in [7, 11) is 0. The number of hydrogen-bond acceptors (Lipinski definition) is 1. The average molecular weight is 178 g/mol. The van der Waals surface area contributed by atoms with Crippen LogP contribution in [0.25, 0.3) is 0 Å². The quantitative estimate of drug-likeness (QED) is 0.586. The van der Waals surface area contributed by atoms with Gasteiger partial charge in [0.1, 0.15) is 0 Å². The molecule has 0 saturated heterocycles. The number of hydrogen-bond donors (Lipinski definition) is 0. The summed E-state index contributed by atoms with van der Waals surface area (Å²) in [6.07, 6.45) is 1.24. The molecule has 0 fully saturated rings. The fourth-order valence-corrected chi connectivity index (χ4v) is 3.25. The second-order valence-electron chi connectivity index (χ2n) is 3.49. The molecule has 1 aromatic carbocycles. The highest BCUT2D eigenvalue weighted by Gasteiger charge is 2.20. The molecule has 1 aliphatic heterocycles. The van der Waals surface area contributed by atoms with Crippen molar-refractivity contribution in [2.75, 3.05) is 0 Å². The van der Waals surface area contributed by atoms with Gasteiger partial charge in [0.25, 0.3) is 0 Å². The Morgan fingerprint density at radius 1 is 1.25 bits per heavy atom. The second kappa shape index (κ2) is 3.14. The largest absolute Gasteiger partial charge is 0.151 e. The molecule has 1 heterocycles. The van der Waals surface area contributed by atoms with Crippen molar-refractivity contribution in [1.29, 1.82) is 0 Å². The van der Waals surface area contributed by atoms with Crippen LogP contribution in [0.4, 0.5) is 0 Å². The maximum Gasteiger partial charge on any atom is 0.0274 e. The normalized spacial score (nSPS) is 28.2. The van der Waals surface area contributed by atoms with Crippen molar-refractivity contribution < 1.29 is 0 Å². The van der Waals surface area contributed by atoms with Gasteiger partial charge in [-0.25, -0.2) is 0 Å². The lowest BCUT2D eigenvalue weighted by molar-refractivity contribution is 0.871. The van der Waals surface area contributed by atoms with Gasteiger partial charge in [0.15, 0.2) is 0 Å². The second-order valence-corrected chi connectivity index (χ2v) is 5.28. The van der Waals surface area contributed by atoms with Crippen LogP contribution in [0.3, 0.4) is 0 Å². The minimum Gasteiger partial charge on any atom is -0.151 e. The molecule has 0 saturated carbocycles. The molecule has 2 rings (SSSR count). The van der Waals surface area contributed by atoms with E-state index in [4.69, 9.17) is 0 Å². The number of thioether (sulfide) groups is 1. The maximum absolute atomic E-state index is 2.32. The zero-order valence-electron chi connectivity index (χ0n) is 7.58. The van der Waals surface area contributed by atoms with E-state index in [0.29, 0.717) is 5.25 Å². The Balaban J connectivity index is 2.40. The molecule has 0 nitrogen and oxygen atoms in total. The fraction of sp³-hybridized carbons (Fsp3) is 0.455. The molecule has 2 unspecified atom stereocenters. The summed E-state index contributed by atoms with van der Waals surface area (Å²) in [5.41, 5.74) is 3.09. The Labute approximate surface area is 78.4 Å². The van der Waals surface area contributed by atoms with Crippen molar-refractivity contribution in [3.05, 3.63) is 35.4 Å². The van der Waals surface area contributed by atoms with Gasteiger partial charge in [-0.2, -0.15) is 11.8 Å². The molecule has 0 amide bonds. The zero-order chi connectivity index (χ0) is 8.55. The third-order valence-electron chi connectivity index (χ3n) is 2.44. The average Bonchev–Trinajstić information content (AvgIpc) is 2.04. The van der Waals surface area contributed by atoms with Gasteiger partial charge in [0.2, 0.25) is 0 Å². The highest BCUT2D eigenvalue weighted by molar-refractivity contribution is 8.00. The van der Waals surface area contributed by atoms with Gasteiger partial charge in [-0.1, -0.05) is 31.2 Å². The molecular weight excluding hydrogens is 164 g/mol. The van der Waals surface area contributed by atoms with E-state index in [9.17, 15) is 0 Å². The SMILES string of the molecule is CC1Cc2ccccc2C(C)S1. The van der Waals surface area contributed by atoms with E-state index in [0.717, 1.165) is 5.25 Å². The standard InChI is InChI=1S/C11H14S/c1-8-7-10-5-3-4-6-11(10)9(2)12-8/h3-6,8-9H,7H2,1-2H3. The van der Waals surface area contributed by atoms with E-state index < -0.39 is 0 Å². The van der Waals surface area contributed by atoms with Gasteiger partial charge < -0.3 is 0 Å². The summed E-state index contributed by atoms with van der Waals surface area (Å²) in [5.74, 6) is 0. The zero-order valence-corrected chi connectivity index (χ0v) is 8.40. The van der Waals surface area contributed by atoms with Crippen LogP contribution in [0.15, 0.2) is 24.3 Å². The van der Waals surface area contributed by atoms with E-state index in [-0.39, 0.29) is 0 Å². The molecule has 64 valence electrons. The first kappa shape index (κ1) is 8.18. The molecule has 0 spiro atoms. The maximum atomic E-state index is 2.32. The lowest BCUT2D eigenvalue weighted by atomic mass is 10.0. The van der Waals surface area contributed by atoms with Gasteiger partial charge >= 0.3 is 0 Å². The minimum atomic E-state index is 0.685. The topological polar surface area (TPSA) is 0 Å². The van der Waals surface area contributed by atoms with Crippen molar-refractivity contribution in [3.63, 3.8) is 0 Å². The molecule has 0 aromatic heterocycles. The molecule has 0 radical (unpaired) electrons. The van der Waals surface area contributed by atoms with Crippen LogP contribution in [0.5, 0.6) is 0 Å². The fourth-order valence-electron chi connectivity index (χ4n) is 1.90. The van der Waals surface area contributed by atoms with Gasteiger partial charge in [-0.05, 0) is 24.5 Å². The van der Waals surface area contributed by atoms with Crippen LogP contribution in [0.2, 0.25) is 0 Å². The third-order valence-corrected chi connectivity index (χ3v) is 3.73. The predicted molar refractivity (Wildman–Crippen MR) is 55.6 cm³/mol. The first-order valence-corrected chi connectivity index (χ1v) is 5.45. The smallest absolute Gasteiger partial charge is 0.0274 e. The first-order valence-electron chi connectivity index (χ1n) is 4.50. The molecule has 0 bridgehead atoms. The summed E-state index contributed by atoms with van der Waals surface area (Å²) in [4.78, 5) is 0. The summed E-state index contributed by atoms with van der Waals surface area (Å²) in [6, 6.07) is 8.82. The van der Waals surface area contributed by atoms with Crippen LogP contribution < -0.4 is 0 Å². The Kier molecular flexibility index (Phi) is 2.14. The number of rotatable bonds is 0. The first-order chi connectivity index (χ1) is 5.77. The molecular formula is C11H14S. The van der Waals surface area contributed by atoms with E-state index in [1.165, 1.54) is 6.42 Å². The van der Waals surface area contributed by atoms with E-state index in [2.05, 4.69) is 49.9 Å². The van der Waals surface area contributed by atoms with Crippen molar-refractivity contribution in [1.82, 2.24) is 0 Å². The molecule has 0 aliphatic carbocycles. The highest BCUT2D eigenvalue weighted by atomic mass is 32.2. The van der Waals surface area contributed by atoms with Gasteiger partial charge in [0.05, 0.1) is 0 Å². The van der Waals surface area contributed by atoms with Crippen molar-refractivity contribution >= 4 is 11.8 Å². The van der Waals surface area contributed by atoms with Crippen molar-refractivity contribution in [3.8, 4) is 0 Å². The Morgan fingerprint density at radius 2 is 2.00 bits per heavy atom. The van der Waals surface area contributed by atoms with E-state index in [1.54, 1.807) is 11.1 Å². The summed E-state index contributed by atoms with van der Waals surface area (Å²) < 4.78 is 0. The van der Waals surface area contributed by atoms with Crippen LogP contribution in [-0.2, 0) is 6.42 Å². The lowest BCUT2D eigenvalue weighted by Crippen LogP contribution is -2.12.